The van der Waals surface area contributed by atoms with Crippen molar-refractivity contribution in [1.82, 2.24) is 9.78 Å². The van der Waals surface area contributed by atoms with Gasteiger partial charge in [-0.1, -0.05) is 5.92 Å². The predicted octanol–water partition coefficient (Wildman–Crippen LogP) is 1.60. The van der Waals surface area contributed by atoms with Crippen molar-refractivity contribution in [3.05, 3.63) is 17.5 Å². The zero-order chi connectivity index (χ0) is 11.5. The predicted molar refractivity (Wildman–Crippen MR) is 45.4 cm³/mol. The monoisotopic (exact) mass is 213 g/mol. The van der Waals surface area contributed by atoms with E-state index in [1.807, 2.05) is 0 Å². The van der Waals surface area contributed by atoms with Gasteiger partial charge in [-0.25, -0.2) is 0 Å². The second-order valence-corrected chi connectivity index (χ2v) is 2.74. The van der Waals surface area contributed by atoms with Crippen LogP contribution in [0.4, 0.5) is 13.2 Å². The fourth-order valence-corrected chi connectivity index (χ4v) is 1.09. The van der Waals surface area contributed by atoms with Crippen LogP contribution in [0.1, 0.15) is 11.3 Å². The Bertz CT molecular complexity index is 431. The third-order valence-electron chi connectivity index (χ3n) is 1.63. The number of alkyl halides is 3. The fraction of sp³-hybridized carbons (Fsp3) is 0.333. The normalized spacial score (nSPS) is 10.7. The van der Waals surface area contributed by atoms with Crippen molar-refractivity contribution in [3.63, 3.8) is 0 Å². The van der Waals surface area contributed by atoms with Crippen LogP contribution >= 0.6 is 0 Å². The minimum atomic E-state index is -4.55. The van der Waals surface area contributed by atoms with Gasteiger partial charge in [0.15, 0.2) is 5.69 Å². The van der Waals surface area contributed by atoms with E-state index < -0.39 is 11.9 Å². The molecule has 0 aromatic carbocycles. The van der Waals surface area contributed by atoms with Crippen LogP contribution in [0.25, 0.3) is 0 Å². The molecule has 1 aromatic rings. The van der Waals surface area contributed by atoms with E-state index in [0.717, 1.165) is 10.9 Å². The van der Waals surface area contributed by atoms with Gasteiger partial charge >= 0.3 is 6.18 Å². The Hall–Kier alpha value is -1.95. The SMILES string of the molecule is C#CCn1cc(CC#N)c(C(F)(F)F)n1. The number of halogens is 3. The molecule has 0 aliphatic heterocycles. The van der Waals surface area contributed by atoms with Crippen molar-refractivity contribution >= 4 is 0 Å². The van der Waals surface area contributed by atoms with Crippen molar-refractivity contribution in [3.8, 4) is 18.4 Å². The summed E-state index contributed by atoms with van der Waals surface area (Å²) in [6.45, 7) is -0.0471. The molecular weight excluding hydrogens is 207 g/mol. The number of aromatic nitrogens is 2. The molecule has 0 aliphatic rings. The van der Waals surface area contributed by atoms with Crippen LogP contribution in [0.5, 0.6) is 0 Å². The first-order valence-electron chi connectivity index (χ1n) is 3.93. The van der Waals surface area contributed by atoms with Crippen molar-refractivity contribution in [1.29, 1.82) is 5.26 Å². The van der Waals surface area contributed by atoms with Crippen molar-refractivity contribution in [2.45, 2.75) is 19.1 Å². The van der Waals surface area contributed by atoms with Gasteiger partial charge in [0, 0.05) is 11.8 Å². The highest BCUT2D eigenvalue weighted by Gasteiger charge is 2.36. The molecule has 0 unspecified atom stereocenters. The summed E-state index contributed by atoms with van der Waals surface area (Å²) in [7, 11) is 0. The first-order chi connectivity index (χ1) is 6.99. The van der Waals surface area contributed by atoms with Gasteiger partial charge in [-0.2, -0.15) is 23.5 Å². The minimum absolute atomic E-state index is 0.0471. The van der Waals surface area contributed by atoms with Crippen LogP contribution in [0, 0.1) is 23.7 Å². The average molecular weight is 213 g/mol. The third kappa shape index (κ3) is 2.50. The second-order valence-electron chi connectivity index (χ2n) is 2.74. The van der Waals surface area contributed by atoms with Gasteiger partial charge in [-0.3, -0.25) is 4.68 Å². The topological polar surface area (TPSA) is 41.6 Å². The first kappa shape index (κ1) is 11.1. The molecule has 0 spiro atoms. The van der Waals surface area contributed by atoms with E-state index in [2.05, 4.69) is 11.0 Å². The van der Waals surface area contributed by atoms with Gasteiger partial charge in [0.05, 0.1) is 12.5 Å². The first-order valence-corrected chi connectivity index (χ1v) is 3.93. The molecule has 0 amide bonds. The smallest absolute Gasteiger partial charge is 0.260 e. The Kier molecular flexibility index (Phi) is 3.01. The summed E-state index contributed by atoms with van der Waals surface area (Å²) in [6, 6.07) is 1.65. The van der Waals surface area contributed by atoms with E-state index in [1.54, 1.807) is 6.07 Å². The van der Waals surface area contributed by atoms with Gasteiger partial charge in [-0.15, -0.1) is 6.42 Å². The van der Waals surface area contributed by atoms with Crippen molar-refractivity contribution in [2.75, 3.05) is 0 Å². The van der Waals surface area contributed by atoms with Crippen LogP contribution < -0.4 is 0 Å². The lowest BCUT2D eigenvalue weighted by atomic mass is 10.2. The Morgan fingerprint density at radius 3 is 2.67 bits per heavy atom. The Balaban J connectivity index is 3.14. The van der Waals surface area contributed by atoms with Crippen LogP contribution in [-0.4, -0.2) is 9.78 Å². The second kappa shape index (κ2) is 4.05. The highest BCUT2D eigenvalue weighted by molar-refractivity contribution is 5.23. The molecule has 15 heavy (non-hydrogen) atoms. The summed E-state index contributed by atoms with van der Waals surface area (Å²) in [5.74, 6) is 2.17. The van der Waals surface area contributed by atoms with Crippen molar-refractivity contribution in [2.24, 2.45) is 0 Å². The lowest BCUT2D eigenvalue weighted by Gasteiger charge is -2.02. The summed E-state index contributed by atoms with van der Waals surface area (Å²) in [5.41, 5.74) is -1.19. The molecule has 0 radical (unpaired) electrons. The Morgan fingerprint density at radius 2 is 2.20 bits per heavy atom. The standard InChI is InChI=1S/C9H6F3N3/c1-2-5-15-6-7(3-4-13)8(14-15)9(10,11)12/h1,6H,3,5H2. The minimum Gasteiger partial charge on any atom is -0.260 e. The zero-order valence-corrected chi connectivity index (χ0v) is 7.54. The van der Waals surface area contributed by atoms with Crippen LogP contribution in [0.2, 0.25) is 0 Å². The van der Waals surface area contributed by atoms with E-state index in [-0.39, 0.29) is 18.5 Å². The summed E-state index contributed by atoms with van der Waals surface area (Å²) >= 11 is 0. The van der Waals surface area contributed by atoms with E-state index in [4.69, 9.17) is 11.7 Å². The lowest BCUT2D eigenvalue weighted by molar-refractivity contribution is -0.142. The zero-order valence-electron chi connectivity index (χ0n) is 7.54. The van der Waals surface area contributed by atoms with Crippen LogP contribution in [0.15, 0.2) is 6.20 Å². The molecule has 0 saturated heterocycles. The Labute approximate surface area is 84.1 Å². The number of rotatable bonds is 2. The summed E-state index contributed by atoms with van der Waals surface area (Å²) in [5, 5.41) is 11.6. The van der Waals surface area contributed by atoms with E-state index in [0.29, 0.717) is 0 Å². The molecule has 0 saturated carbocycles. The maximum absolute atomic E-state index is 12.4. The molecule has 3 nitrogen and oxygen atoms in total. The summed E-state index contributed by atoms with van der Waals surface area (Å²) in [4.78, 5) is 0. The van der Waals surface area contributed by atoms with Gasteiger partial charge in [0.1, 0.15) is 6.54 Å². The highest BCUT2D eigenvalue weighted by Crippen LogP contribution is 2.30. The number of terminal acetylenes is 1. The van der Waals surface area contributed by atoms with E-state index >= 15 is 0 Å². The van der Waals surface area contributed by atoms with Crippen molar-refractivity contribution < 1.29 is 13.2 Å². The number of hydrogen-bond donors (Lipinski definition) is 0. The molecule has 0 fully saturated rings. The van der Waals surface area contributed by atoms with Gasteiger partial charge in [0.25, 0.3) is 0 Å². The lowest BCUT2D eigenvalue weighted by Crippen LogP contribution is -2.09. The van der Waals surface area contributed by atoms with Crippen LogP contribution in [0.3, 0.4) is 0 Å². The number of hydrogen-bond acceptors (Lipinski definition) is 2. The molecule has 1 heterocycles. The largest absolute Gasteiger partial charge is 0.435 e. The maximum Gasteiger partial charge on any atom is 0.435 e. The molecule has 1 aromatic heterocycles. The van der Waals surface area contributed by atoms with Crippen LogP contribution in [-0.2, 0) is 19.1 Å². The molecule has 0 bridgehead atoms. The van der Waals surface area contributed by atoms with Gasteiger partial charge in [0.2, 0.25) is 0 Å². The molecule has 6 heteroatoms. The highest BCUT2D eigenvalue weighted by atomic mass is 19.4. The molecular formula is C9H6F3N3. The summed E-state index contributed by atoms with van der Waals surface area (Å²) in [6.07, 6.45) is 1.21. The van der Waals surface area contributed by atoms with E-state index in [1.165, 1.54) is 0 Å². The maximum atomic E-state index is 12.4. The third-order valence-corrected chi connectivity index (χ3v) is 1.63. The molecule has 1 rings (SSSR count). The molecule has 78 valence electrons. The molecule has 0 atom stereocenters. The van der Waals surface area contributed by atoms with E-state index in [9.17, 15) is 13.2 Å². The Morgan fingerprint density at radius 1 is 1.53 bits per heavy atom. The summed E-state index contributed by atoms with van der Waals surface area (Å²) < 4.78 is 38.2. The van der Waals surface area contributed by atoms with Gasteiger partial charge < -0.3 is 0 Å². The quantitative estimate of drug-likeness (QED) is 0.700. The average Bonchev–Trinajstić information content (AvgIpc) is 2.49. The number of nitriles is 1. The fourth-order valence-electron chi connectivity index (χ4n) is 1.09. The molecule has 0 aliphatic carbocycles. The van der Waals surface area contributed by atoms with Gasteiger partial charge in [-0.05, 0) is 0 Å². The molecule has 0 N–H and O–H groups in total. The number of nitrogens with zero attached hydrogens (tertiary/aromatic N) is 3.